The normalized spacial score (nSPS) is 25.2. The van der Waals surface area contributed by atoms with E-state index in [9.17, 15) is 8.76 Å². The Balaban J connectivity index is 2.72. The Kier molecular flexibility index (Phi) is 2.54. The van der Waals surface area contributed by atoms with E-state index >= 15 is 0 Å². The highest BCUT2D eigenvalue weighted by Crippen LogP contribution is 2.62. The lowest BCUT2D eigenvalue weighted by atomic mass is 10.1. The van der Waals surface area contributed by atoms with Crippen LogP contribution in [0.2, 0.25) is 0 Å². The maximum absolute atomic E-state index is 12.5. The number of halogens is 2. The SMILES string of the molecule is O=P(F)(Cl)C1=CCCCC1. The first kappa shape index (κ1) is 8.29. The van der Waals surface area contributed by atoms with E-state index in [0.717, 1.165) is 19.3 Å². The Bertz CT molecular complexity index is 196. The minimum atomic E-state index is -3.91. The van der Waals surface area contributed by atoms with Crippen LogP contribution in [0.5, 0.6) is 0 Å². The molecule has 0 heterocycles. The van der Waals surface area contributed by atoms with Gasteiger partial charge in [-0.25, -0.2) is 0 Å². The first-order valence-electron chi connectivity index (χ1n) is 3.29. The molecule has 0 aromatic carbocycles. The Morgan fingerprint density at radius 2 is 2.30 bits per heavy atom. The molecular formula is C6H9ClFOP. The molecule has 58 valence electrons. The molecule has 0 aliphatic heterocycles. The second-order valence-electron chi connectivity index (χ2n) is 2.40. The number of hydrogen-bond donors (Lipinski definition) is 0. The molecule has 0 saturated carbocycles. The third kappa shape index (κ3) is 2.10. The third-order valence-corrected chi connectivity index (χ3v) is 3.33. The van der Waals surface area contributed by atoms with Gasteiger partial charge in [0.2, 0.25) is 0 Å². The summed E-state index contributed by atoms with van der Waals surface area (Å²) >= 11 is 5.03. The van der Waals surface area contributed by atoms with Crippen LogP contribution < -0.4 is 0 Å². The highest BCUT2D eigenvalue weighted by Gasteiger charge is 2.23. The molecule has 1 aliphatic carbocycles. The van der Waals surface area contributed by atoms with Gasteiger partial charge in [-0.15, -0.1) is 0 Å². The molecule has 0 amide bonds. The van der Waals surface area contributed by atoms with Crippen LogP contribution in [-0.2, 0) is 4.57 Å². The summed E-state index contributed by atoms with van der Waals surface area (Å²) in [4.78, 5) is 0. The smallest absolute Gasteiger partial charge is 0.265 e. The number of hydrogen-bond acceptors (Lipinski definition) is 1. The average molecular weight is 183 g/mol. The average Bonchev–Trinajstić information content (AvgIpc) is 1.88. The van der Waals surface area contributed by atoms with Crippen LogP contribution in [0.3, 0.4) is 0 Å². The van der Waals surface area contributed by atoms with Crippen LogP contribution in [0.1, 0.15) is 25.7 Å². The van der Waals surface area contributed by atoms with Gasteiger partial charge in [0.05, 0.1) is 0 Å². The van der Waals surface area contributed by atoms with Crippen LogP contribution >= 0.6 is 18.0 Å². The molecule has 0 aromatic heterocycles. The third-order valence-electron chi connectivity index (χ3n) is 1.60. The number of rotatable bonds is 1. The van der Waals surface area contributed by atoms with Crippen molar-refractivity contribution in [1.82, 2.24) is 0 Å². The van der Waals surface area contributed by atoms with Crippen molar-refractivity contribution in [2.24, 2.45) is 0 Å². The van der Waals surface area contributed by atoms with Crippen LogP contribution in [0.15, 0.2) is 11.4 Å². The fraction of sp³-hybridized carbons (Fsp3) is 0.667. The van der Waals surface area contributed by atoms with Crippen molar-refractivity contribution < 1.29 is 8.76 Å². The van der Waals surface area contributed by atoms with Gasteiger partial charge in [0.15, 0.2) is 0 Å². The van der Waals surface area contributed by atoms with Crippen molar-refractivity contribution in [2.75, 3.05) is 0 Å². The molecule has 1 unspecified atom stereocenters. The molecule has 4 heteroatoms. The molecule has 1 nitrogen and oxygen atoms in total. The van der Waals surface area contributed by atoms with Crippen LogP contribution in [0.25, 0.3) is 0 Å². The minimum absolute atomic E-state index is 0.320. The molecule has 1 rings (SSSR count). The summed E-state index contributed by atoms with van der Waals surface area (Å²) in [6, 6.07) is 0. The summed E-state index contributed by atoms with van der Waals surface area (Å²) in [5.74, 6) is 0. The second-order valence-corrected chi connectivity index (χ2v) is 5.21. The zero-order valence-electron chi connectivity index (χ0n) is 5.52. The van der Waals surface area contributed by atoms with Gasteiger partial charge in [0.25, 0.3) is 0 Å². The van der Waals surface area contributed by atoms with Crippen LogP contribution in [0.4, 0.5) is 4.20 Å². The van der Waals surface area contributed by atoms with E-state index in [1.54, 1.807) is 6.08 Å². The summed E-state index contributed by atoms with van der Waals surface area (Å²) in [5.41, 5.74) is 0. The monoisotopic (exact) mass is 182 g/mol. The van der Waals surface area contributed by atoms with Crippen molar-refractivity contribution in [3.63, 3.8) is 0 Å². The van der Waals surface area contributed by atoms with Gasteiger partial charge < -0.3 is 0 Å². The lowest BCUT2D eigenvalue weighted by molar-refractivity contribution is 0.555. The van der Waals surface area contributed by atoms with Gasteiger partial charge in [-0.05, 0) is 36.9 Å². The Labute approximate surface area is 64.5 Å². The maximum Gasteiger partial charge on any atom is 0.352 e. The summed E-state index contributed by atoms with van der Waals surface area (Å²) in [5, 5.41) is 0.320. The van der Waals surface area contributed by atoms with E-state index < -0.39 is 6.81 Å². The molecule has 0 radical (unpaired) electrons. The second kappa shape index (κ2) is 3.06. The number of allylic oxidation sites excluding steroid dienone is 2. The largest absolute Gasteiger partial charge is 0.352 e. The molecule has 0 aromatic rings. The lowest BCUT2D eigenvalue weighted by Crippen LogP contribution is -1.87. The van der Waals surface area contributed by atoms with E-state index in [0.29, 0.717) is 11.7 Å². The standard InChI is InChI=1S/C6H9ClFOP/c7-10(8,9)6-4-2-1-3-5-6/h4H,1-3,5H2. The van der Waals surface area contributed by atoms with E-state index in [-0.39, 0.29) is 0 Å². The quantitative estimate of drug-likeness (QED) is 0.563. The van der Waals surface area contributed by atoms with Crippen molar-refractivity contribution >= 4 is 18.0 Å². The van der Waals surface area contributed by atoms with E-state index in [1.807, 2.05) is 0 Å². The van der Waals surface area contributed by atoms with E-state index in [4.69, 9.17) is 11.2 Å². The van der Waals surface area contributed by atoms with Gasteiger partial charge in [-0.2, -0.15) is 4.20 Å². The fourth-order valence-corrected chi connectivity index (χ4v) is 2.28. The Morgan fingerprint density at radius 3 is 2.60 bits per heavy atom. The van der Waals surface area contributed by atoms with Gasteiger partial charge in [-0.3, -0.25) is 4.57 Å². The maximum atomic E-state index is 12.5. The summed E-state index contributed by atoms with van der Waals surface area (Å²) in [6.07, 6.45) is 5.01. The Hall–Kier alpha value is 0.190. The molecule has 0 N–H and O–H groups in total. The molecule has 0 spiro atoms. The van der Waals surface area contributed by atoms with Crippen LogP contribution in [-0.4, -0.2) is 0 Å². The first-order valence-corrected chi connectivity index (χ1v) is 5.80. The van der Waals surface area contributed by atoms with Gasteiger partial charge in [-0.1, -0.05) is 6.08 Å². The van der Waals surface area contributed by atoms with Crippen molar-refractivity contribution in [2.45, 2.75) is 25.7 Å². The summed E-state index contributed by atoms with van der Waals surface area (Å²) < 4.78 is 23.1. The summed E-state index contributed by atoms with van der Waals surface area (Å²) in [6.45, 7) is -3.91. The zero-order chi connectivity index (χ0) is 7.61. The zero-order valence-corrected chi connectivity index (χ0v) is 7.17. The molecular weight excluding hydrogens is 173 g/mol. The fourth-order valence-electron chi connectivity index (χ4n) is 1.06. The molecule has 0 bridgehead atoms. The molecule has 1 aliphatic rings. The van der Waals surface area contributed by atoms with Gasteiger partial charge >= 0.3 is 6.81 Å². The molecule has 1 atom stereocenters. The molecule has 0 saturated heterocycles. The topological polar surface area (TPSA) is 17.1 Å². The van der Waals surface area contributed by atoms with Crippen molar-refractivity contribution in [1.29, 1.82) is 0 Å². The van der Waals surface area contributed by atoms with Crippen molar-refractivity contribution in [3.05, 3.63) is 11.4 Å². The minimum Gasteiger partial charge on any atom is -0.265 e. The van der Waals surface area contributed by atoms with Gasteiger partial charge in [0, 0.05) is 5.31 Å². The first-order chi connectivity index (χ1) is 4.61. The lowest BCUT2D eigenvalue weighted by Gasteiger charge is -2.10. The predicted molar refractivity (Wildman–Crippen MR) is 41.1 cm³/mol. The van der Waals surface area contributed by atoms with Gasteiger partial charge in [0.1, 0.15) is 0 Å². The summed E-state index contributed by atoms with van der Waals surface area (Å²) in [7, 11) is 0. The predicted octanol–water partition coefficient (Wildman–Crippen LogP) is 3.85. The van der Waals surface area contributed by atoms with E-state index in [2.05, 4.69) is 0 Å². The Morgan fingerprint density at radius 1 is 1.60 bits per heavy atom. The highest BCUT2D eigenvalue weighted by atomic mass is 35.7. The van der Waals surface area contributed by atoms with Crippen LogP contribution in [0, 0.1) is 0 Å². The molecule has 0 fully saturated rings. The highest BCUT2D eigenvalue weighted by molar-refractivity contribution is 7.88. The molecule has 10 heavy (non-hydrogen) atoms. The van der Waals surface area contributed by atoms with Crippen molar-refractivity contribution in [3.8, 4) is 0 Å². The van der Waals surface area contributed by atoms with E-state index in [1.165, 1.54) is 0 Å².